The molecule has 0 aliphatic rings. The van der Waals surface area contributed by atoms with Crippen LogP contribution in [0.4, 0.5) is 0 Å². The third-order valence-electron chi connectivity index (χ3n) is 0.901. The van der Waals surface area contributed by atoms with E-state index in [1.807, 2.05) is 0 Å². The highest BCUT2D eigenvalue weighted by Gasteiger charge is 2.20. The molecule has 0 aliphatic heterocycles. The lowest BCUT2D eigenvalue weighted by atomic mass is 10.2. The average molecular weight is 188 g/mol. The van der Waals surface area contributed by atoms with E-state index < -0.39 is 7.32 Å². The number of aldehydes is 3. The number of rotatable bonds is 9. The van der Waals surface area contributed by atoms with Gasteiger partial charge in [0.15, 0.2) is 0 Å². The van der Waals surface area contributed by atoms with E-state index >= 15 is 0 Å². The minimum absolute atomic E-state index is 0.220. The maximum absolute atomic E-state index is 9.88. The summed E-state index contributed by atoms with van der Waals surface area (Å²) < 4.78 is 14.0. The Kier molecular flexibility index (Phi) is 8.32. The minimum atomic E-state index is -1.15. The molecule has 0 spiro atoms. The summed E-state index contributed by atoms with van der Waals surface area (Å²) >= 11 is 0. The SMILES string of the molecule is O=CCOB(OCC=O)OCC=O. The van der Waals surface area contributed by atoms with Crippen LogP contribution in [-0.4, -0.2) is 46.0 Å². The van der Waals surface area contributed by atoms with E-state index in [4.69, 9.17) is 0 Å². The minimum Gasteiger partial charge on any atom is -0.379 e. The van der Waals surface area contributed by atoms with E-state index in [-0.39, 0.29) is 19.8 Å². The van der Waals surface area contributed by atoms with Crippen LogP contribution in [0.25, 0.3) is 0 Å². The van der Waals surface area contributed by atoms with Crippen LogP contribution in [0.1, 0.15) is 0 Å². The van der Waals surface area contributed by atoms with E-state index in [9.17, 15) is 14.4 Å². The van der Waals surface area contributed by atoms with Crippen molar-refractivity contribution in [2.45, 2.75) is 0 Å². The van der Waals surface area contributed by atoms with Gasteiger partial charge >= 0.3 is 7.32 Å². The van der Waals surface area contributed by atoms with Crippen LogP contribution < -0.4 is 0 Å². The summed E-state index contributed by atoms with van der Waals surface area (Å²) in [6.07, 6.45) is 1.50. The van der Waals surface area contributed by atoms with Gasteiger partial charge in [-0.05, 0) is 0 Å². The van der Waals surface area contributed by atoms with E-state index in [0.29, 0.717) is 18.9 Å². The van der Waals surface area contributed by atoms with Crippen LogP contribution in [0, 0.1) is 0 Å². The van der Waals surface area contributed by atoms with Crippen LogP contribution in [0.3, 0.4) is 0 Å². The summed E-state index contributed by atoms with van der Waals surface area (Å²) in [7, 11) is -1.15. The molecule has 72 valence electrons. The summed E-state index contributed by atoms with van der Waals surface area (Å²) in [5.41, 5.74) is 0. The van der Waals surface area contributed by atoms with Crippen molar-refractivity contribution in [3.05, 3.63) is 0 Å². The molecule has 6 nitrogen and oxygen atoms in total. The molecule has 7 heteroatoms. The molecule has 0 rings (SSSR count). The van der Waals surface area contributed by atoms with Crippen molar-refractivity contribution in [1.82, 2.24) is 0 Å². The zero-order valence-corrected chi connectivity index (χ0v) is 6.88. The summed E-state index contributed by atoms with van der Waals surface area (Å²) in [5, 5.41) is 0. The number of carbonyl (C=O) groups excluding carboxylic acids is 3. The molecule has 0 heterocycles. The molecule has 0 bridgehead atoms. The predicted octanol–water partition coefficient (Wildman–Crippen LogP) is -1.38. The fraction of sp³-hybridized carbons (Fsp3) is 0.500. The molecule has 0 unspecified atom stereocenters. The van der Waals surface area contributed by atoms with Gasteiger partial charge in [0.1, 0.15) is 18.9 Å². The Bertz CT molecular complexity index is 133. The molecular formula is C6H9BO6. The van der Waals surface area contributed by atoms with Gasteiger partial charge in [0.25, 0.3) is 0 Å². The Morgan fingerprint density at radius 1 is 0.769 bits per heavy atom. The smallest absolute Gasteiger partial charge is 0.379 e. The lowest BCUT2D eigenvalue weighted by Crippen LogP contribution is -2.29. The second-order valence-electron chi connectivity index (χ2n) is 1.79. The van der Waals surface area contributed by atoms with Gasteiger partial charge in [-0.2, -0.15) is 0 Å². The van der Waals surface area contributed by atoms with Gasteiger partial charge in [-0.15, -0.1) is 0 Å². The molecule has 0 saturated carbocycles. The predicted molar refractivity (Wildman–Crippen MR) is 41.8 cm³/mol. The molecule has 0 aromatic rings. The van der Waals surface area contributed by atoms with Gasteiger partial charge in [0.2, 0.25) is 0 Å². The summed E-state index contributed by atoms with van der Waals surface area (Å²) in [4.78, 5) is 29.6. The lowest BCUT2D eigenvalue weighted by Gasteiger charge is -2.08. The van der Waals surface area contributed by atoms with Gasteiger partial charge in [0.05, 0.1) is 19.8 Å². The van der Waals surface area contributed by atoms with Gasteiger partial charge in [0, 0.05) is 0 Å². The highest BCUT2D eigenvalue weighted by Crippen LogP contribution is 1.90. The molecule has 0 aromatic heterocycles. The van der Waals surface area contributed by atoms with Crippen molar-refractivity contribution >= 4 is 26.2 Å². The molecule has 0 radical (unpaired) electrons. The van der Waals surface area contributed by atoms with Crippen LogP contribution in [-0.2, 0) is 28.3 Å². The quantitative estimate of drug-likeness (QED) is 0.327. The highest BCUT2D eigenvalue weighted by molar-refractivity contribution is 6.36. The van der Waals surface area contributed by atoms with Crippen molar-refractivity contribution in [3.63, 3.8) is 0 Å². The van der Waals surface area contributed by atoms with Crippen molar-refractivity contribution in [2.75, 3.05) is 19.8 Å². The van der Waals surface area contributed by atoms with E-state index in [1.165, 1.54) is 0 Å². The van der Waals surface area contributed by atoms with Crippen molar-refractivity contribution < 1.29 is 28.3 Å². The summed E-state index contributed by atoms with van der Waals surface area (Å²) in [6, 6.07) is 0. The zero-order chi connectivity index (χ0) is 9.94. The first-order valence-corrected chi connectivity index (χ1v) is 3.50. The van der Waals surface area contributed by atoms with Gasteiger partial charge in [-0.25, -0.2) is 0 Å². The van der Waals surface area contributed by atoms with Crippen LogP contribution in [0.15, 0.2) is 0 Å². The molecule has 0 atom stereocenters. The summed E-state index contributed by atoms with van der Waals surface area (Å²) in [6.45, 7) is -0.660. The fourth-order valence-electron chi connectivity index (χ4n) is 0.498. The molecule has 0 amide bonds. The van der Waals surface area contributed by atoms with Crippen LogP contribution >= 0.6 is 0 Å². The first-order chi connectivity index (χ1) is 6.35. The zero-order valence-electron chi connectivity index (χ0n) is 6.88. The Labute approximate surface area is 75.3 Å². The Morgan fingerprint density at radius 2 is 1.08 bits per heavy atom. The topological polar surface area (TPSA) is 78.9 Å². The largest absolute Gasteiger partial charge is 0.640 e. The maximum Gasteiger partial charge on any atom is 0.640 e. The van der Waals surface area contributed by atoms with Crippen LogP contribution in [0.2, 0.25) is 0 Å². The van der Waals surface area contributed by atoms with Crippen molar-refractivity contribution in [2.24, 2.45) is 0 Å². The average Bonchev–Trinajstić information content (AvgIpc) is 2.17. The second kappa shape index (κ2) is 9.05. The van der Waals surface area contributed by atoms with E-state index in [1.54, 1.807) is 0 Å². The van der Waals surface area contributed by atoms with Crippen molar-refractivity contribution in [1.29, 1.82) is 0 Å². The third kappa shape index (κ3) is 7.32. The number of hydrogen-bond donors (Lipinski definition) is 0. The molecule has 0 fully saturated rings. The first-order valence-electron chi connectivity index (χ1n) is 3.50. The van der Waals surface area contributed by atoms with Gasteiger partial charge in [-0.1, -0.05) is 0 Å². The van der Waals surface area contributed by atoms with Crippen LogP contribution in [0.5, 0.6) is 0 Å². The van der Waals surface area contributed by atoms with E-state index in [2.05, 4.69) is 14.0 Å². The number of hydrogen-bond acceptors (Lipinski definition) is 6. The first kappa shape index (κ1) is 12.0. The van der Waals surface area contributed by atoms with Gasteiger partial charge in [-0.3, -0.25) is 0 Å². The Morgan fingerprint density at radius 3 is 1.31 bits per heavy atom. The molecule has 13 heavy (non-hydrogen) atoms. The monoisotopic (exact) mass is 188 g/mol. The molecule has 0 saturated heterocycles. The Hall–Kier alpha value is -1.05. The van der Waals surface area contributed by atoms with Crippen molar-refractivity contribution in [3.8, 4) is 0 Å². The third-order valence-corrected chi connectivity index (χ3v) is 0.901. The standard InChI is InChI=1S/C6H9BO6/c8-1-4-11-7(12-5-2-9)13-6-3-10/h1-3H,4-6H2. The molecule has 0 N–H and O–H groups in total. The molecule has 0 aromatic carbocycles. The lowest BCUT2D eigenvalue weighted by molar-refractivity contribution is -0.112. The second-order valence-corrected chi connectivity index (χ2v) is 1.79. The fourth-order valence-corrected chi connectivity index (χ4v) is 0.498. The normalized spacial score (nSPS) is 9.23. The Balaban J connectivity index is 3.64. The maximum atomic E-state index is 9.88. The highest BCUT2D eigenvalue weighted by atomic mass is 16.7. The molecular weight excluding hydrogens is 179 g/mol. The van der Waals surface area contributed by atoms with E-state index in [0.717, 1.165) is 0 Å². The van der Waals surface area contributed by atoms with Gasteiger partial charge < -0.3 is 28.3 Å². The summed E-state index contributed by atoms with van der Waals surface area (Å²) in [5.74, 6) is 0. The number of carbonyl (C=O) groups is 3. The molecule has 0 aliphatic carbocycles.